The van der Waals surface area contributed by atoms with Crippen LogP contribution in [0.1, 0.15) is 29.8 Å². The Kier molecular flexibility index (Phi) is 5.31. The molecule has 0 unspecified atom stereocenters. The highest BCUT2D eigenvalue weighted by Gasteiger charge is 2.14. The zero-order valence-electron chi connectivity index (χ0n) is 18.4. The number of fused-ring (bicyclic) bond motifs is 4. The number of aromatic nitrogens is 5. The molecule has 1 amide bonds. The molecule has 2 aromatic carbocycles. The summed E-state index contributed by atoms with van der Waals surface area (Å²) in [5.74, 6) is 0.0602. The summed E-state index contributed by atoms with van der Waals surface area (Å²) in [5, 5.41) is 8.79. The van der Waals surface area contributed by atoms with Crippen molar-refractivity contribution in [3.8, 4) is 0 Å². The van der Waals surface area contributed by atoms with Crippen LogP contribution in [-0.2, 0) is 17.8 Å². The summed E-state index contributed by atoms with van der Waals surface area (Å²) < 4.78 is 4.03. The number of carbonyl (C=O) groups excluding carboxylic acids is 1. The number of nitrogens with zero attached hydrogens (tertiary/aromatic N) is 5. The average Bonchev–Trinajstić information content (AvgIpc) is 3.38. The van der Waals surface area contributed by atoms with Crippen LogP contribution in [0.15, 0.2) is 54.9 Å². The largest absolute Gasteiger partial charge is 0.356 e. The molecule has 0 aliphatic carbocycles. The Morgan fingerprint density at radius 2 is 1.81 bits per heavy atom. The van der Waals surface area contributed by atoms with Gasteiger partial charge in [-0.1, -0.05) is 24.3 Å². The summed E-state index contributed by atoms with van der Waals surface area (Å²) in [6.07, 6.45) is 3.80. The van der Waals surface area contributed by atoms with Gasteiger partial charge in [0.1, 0.15) is 0 Å². The smallest absolute Gasteiger partial charge is 0.220 e. The maximum atomic E-state index is 12.4. The molecular formula is C25H26N6O. The van der Waals surface area contributed by atoms with Crippen molar-refractivity contribution in [2.24, 2.45) is 0 Å². The average molecular weight is 427 g/mol. The first-order chi connectivity index (χ1) is 15.6. The molecule has 0 saturated heterocycles. The van der Waals surface area contributed by atoms with E-state index in [1.165, 1.54) is 0 Å². The number of imidazole rings is 1. The summed E-state index contributed by atoms with van der Waals surface area (Å²) in [6, 6.07) is 16.1. The summed E-state index contributed by atoms with van der Waals surface area (Å²) in [4.78, 5) is 21.6. The van der Waals surface area contributed by atoms with Gasteiger partial charge in [0.05, 0.1) is 22.9 Å². The van der Waals surface area contributed by atoms with Gasteiger partial charge in [0.15, 0.2) is 5.65 Å². The molecule has 3 heterocycles. The molecule has 7 nitrogen and oxygen atoms in total. The third-order valence-electron chi connectivity index (χ3n) is 6.05. The predicted octanol–water partition coefficient (Wildman–Crippen LogP) is 3.99. The Hall–Kier alpha value is -3.74. The van der Waals surface area contributed by atoms with E-state index in [9.17, 15) is 4.79 Å². The third kappa shape index (κ3) is 3.70. The van der Waals surface area contributed by atoms with Crippen molar-refractivity contribution in [3.05, 3.63) is 71.8 Å². The van der Waals surface area contributed by atoms with Crippen molar-refractivity contribution in [1.29, 1.82) is 0 Å². The van der Waals surface area contributed by atoms with Gasteiger partial charge in [0, 0.05) is 36.3 Å². The molecule has 1 N–H and O–H groups in total. The van der Waals surface area contributed by atoms with E-state index in [0.29, 0.717) is 19.4 Å². The lowest BCUT2D eigenvalue weighted by Gasteiger charge is -2.11. The summed E-state index contributed by atoms with van der Waals surface area (Å²) >= 11 is 0. The van der Waals surface area contributed by atoms with Gasteiger partial charge in [0.25, 0.3) is 0 Å². The fraction of sp³-hybridized carbons (Fsp3) is 0.280. The van der Waals surface area contributed by atoms with Gasteiger partial charge >= 0.3 is 0 Å². The lowest BCUT2D eigenvalue weighted by atomic mass is 10.1. The van der Waals surface area contributed by atoms with Crippen LogP contribution in [0.3, 0.4) is 0 Å². The molecule has 0 aliphatic rings. The second kappa shape index (κ2) is 8.42. The van der Waals surface area contributed by atoms with Crippen molar-refractivity contribution >= 4 is 33.5 Å². The monoisotopic (exact) mass is 426 g/mol. The molecule has 0 atom stereocenters. The molecule has 162 valence electrons. The van der Waals surface area contributed by atoms with E-state index in [2.05, 4.69) is 27.9 Å². The fourth-order valence-corrected chi connectivity index (χ4v) is 4.33. The van der Waals surface area contributed by atoms with Crippen molar-refractivity contribution in [2.45, 2.75) is 39.7 Å². The minimum Gasteiger partial charge on any atom is -0.356 e. The van der Waals surface area contributed by atoms with Crippen LogP contribution in [-0.4, -0.2) is 36.6 Å². The van der Waals surface area contributed by atoms with E-state index < -0.39 is 0 Å². The molecule has 0 spiro atoms. The van der Waals surface area contributed by atoms with Crippen LogP contribution < -0.4 is 5.32 Å². The van der Waals surface area contributed by atoms with Crippen molar-refractivity contribution in [2.75, 3.05) is 6.54 Å². The van der Waals surface area contributed by atoms with Gasteiger partial charge in [-0.05, 0) is 56.5 Å². The van der Waals surface area contributed by atoms with Crippen LogP contribution >= 0.6 is 0 Å². The normalized spacial score (nSPS) is 11.6. The van der Waals surface area contributed by atoms with E-state index >= 15 is 0 Å². The topological polar surface area (TPSA) is 77.1 Å². The van der Waals surface area contributed by atoms with E-state index in [1.54, 1.807) is 0 Å². The van der Waals surface area contributed by atoms with Gasteiger partial charge in [0.2, 0.25) is 5.91 Å². The van der Waals surface area contributed by atoms with Crippen molar-refractivity contribution in [1.82, 2.24) is 29.5 Å². The molecule has 7 heteroatoms. The summed E-state index contributed by atoms with van der Waals surface area (Å²) in [6.45, 7) is 5.53. The van der Waals surface area contributed by atoms with Gasteiger partial charge in [-0.2, -0.15) is 5.10 Å². The van der Waals surface area contributed by atoms with Gasteiger partial charge in [-0.25, -0.2) is 14.5 Å². The zero-order valence-corrected chi connectivity index (χ0v) is 18.4. The first-order valence-electron chi connectivity index (χ1n) is 11.0. The second-order valence-electron chi connectivity index (χ2n) is 8.14. The Labute approximate surface area is 186 Å². The van der Waals surface area contributed by atoms with Crippen molar-refractivity contribution in [3.63, 3.8) is 0 Å². The highest BCUT2D eigenvalue weighted by molar-refractivity contribution is 5.92. The van der Waals surface area contributed by atoms with Crippen LogP contribution in [0.4, 0.5) is 0 Å². The first-order valence-corrected chi connectivity index (χ1v) is 11.0. The molecule has 0 bridgehead atoms. The zero-order chi connectivity index (χ0) is 22.1. The van der Waals surface area contributed by atoms with E-state index in [-0.39, 0.29) is 5.91 Å². The molecular weight excluding hydrogens is 400 g/mol. The standard InChI is InChI=1S/C25H26N6O/c1-17-19(18(2)31-25(28-17)20-8-3-4-9-21(20)29-31)12-13-24(32)26-14-7-15-30-16-27-22-10-5-6-11-23(22)30/h3-6,8-11,16H,7,12-15H2,1-2H3,(H,26,32). The fourth-order valence-electron chi connectivity index (χ4n) is 4.33. The first kappa shape index (κ1) is 20.2. The Morgan fingerprint density at radius 1 is 1.03 bits per heavy atom. The van der Waals surface area contributed by atoms with Crippen LogP contribution in [0.5, 0.6) is 0 Å². The maximum Gasteiger partial charge on any atom is 0.220 e. The molecule has 5 rings (SSSR count). The third-order valence-corrected chi connectivity index (χ3v) is 6.05. The SMILES string of the molecule is Cc1nc2c3ccccc3nn2c(C)c1CCC(=O)NCCCn1cnc2ccccc21. The predicted molar refractivity (Wildman–Crippen MR) is 126 cm³/mol. The minimum absolute atomic E-state index is 0.0602. The van der Waals surface area contributed by atoms with Crippen LogP contribution in [0, 0.1) is 13.8 Å². The van der Waals surface area contributed by atoms with E-state index in [1.807, 2.05) is 60.2 Å². The molecule has 0 aliphatic heterocycles. The number of para-hydroxylation sites is 2. The lowest BCUT2D eigenvalue weighted by Crippen LogP contribution is -2.25. The minimum atomic E-state index is 0.0602. The number of hydrogen-bond donors (Lipinski definition) is 1. The second-order valence-corrected chi connectivity index (χ2v) is 8.14. The molecule has 0 radical (unpaired) electrons. The number of hydrogen-bond acceptors (Lipinski definition) is 4. The Balaban J connectivity index is 1.19. The Bertz CT molecular complexity index is 1430. The quantitative estimate of drug-likeness (QED) is 0.399. The maximum absolute atomic E-state index is 12.4. The van der Waals surface area contributed by atoms with E-state index in [0.717, 1.165) is 57.5 Å². The number of benzene rings is 2. The van der Waals surface area contributed by atoms with Crippen LogP contribution in [0.25, 0.3) is 27.6 Å². The number of amides is 1. The summed E-state index contributed by atoms with van der Waals surface area (Å²) in [7, 11) is 0. The number of nitrogens with one attached hydrogen (secondary N) is 1. The van der Waals surface area contributed by atoms with Gasteiger partial charge in [-0.3, -0.25) is 4.79 Å². The number of rotatable bonds is 7. The van der Waals surface area contributed by atoms with Crippen LogP contribution in [0.2, 0.25) is 0 Å². The lowest BCUT2D eigenvalue weighted by molar-refractivity contribution is -0.121. The molecule has 5 aromatic rings. The van der Waals surface area contributed by atoms with Crippen molar-refractivity contribution < 1.29 is 4.79 Å². The highest BCUT2D eigenvalue weighted by atomic mass is 16.1. The highest BCUT2D eigenvalue weighted by Crippen LogP contribution is 2.23. The van der Waals surface area contributed by atoms with Gasteiger partial charge in [-0.15, -0.1) is 0 Å². The molecule has 0 saturated carbocycles. The Morgan fingerprint density at radius 3 is 2.69 bits per heavy atom. The molecule has 3 aromatic heterocycles. The summed E-state index contributed by atoms with van der Waals surface area (Å²) in [5.41, 5.74) is 7.02. The molecule has 32 heavy (non-hydrogen) atoms. The van der Waals surface area contributed by atoms with Gasteiger partial charge < -0.3 is 9.88 Å². The van der Waals surface area contributed by atoms with E-state index in [4.69, 9.17) is 10.1 Å². The number of carbonyl (C=O) groups is 1. The number of aryl methyl sites for hydroxylation is 3. The molecule has 0 fully saturated rings.